The van der Waals surface area contributed by atoms with E-state index in [4.69, 9.17) is 17.0 Å². The molecule has 4 rings (SSSR count). The molecule has 0 radical (unpaired) electrons. The van der Waals surface area contributed by atoms with Gasteiger partial charge in [0.1, 0.15) is 17.9 Å². The van der Waals surface area contributed by atoms with Crippen LogP contribution in [0.25, 0.3) is 6.08 Å². The van der Waals surface area contributed by atoms with Crippen LogP contribution in [0.5, 0.6) is 5.75 Å². The summed E-state index contributed by atoms with van der Waals surface area (Å²) in [6, 6.07) is 22.0. The van der Waals surface area contributed by atoms with Gasteiger partial charge in [-0.1, -0.05) is 48.5 Å². The Bertz CT molecular complexity index is 1270. The molecule has 1 N–H and O–H groups in total. The Balaban J connectivity index is 1.49. The van der Waals surface area contributed by atoms with E-state index in [1.807, 2.05) is 6.07 Å². The van der Waals surface area contributed by atoms with Crippen molar-refractivity contribution in [3.63, 3.8) is 0 Å². The van der Waals surface area contributed by atoms with Crippen molar-refractivity contribution < 1.29 is 24.2 Å². The van der Waals surface area contributed by atoms with Crippen molar-refractivity contribution in [2.24, 2.45) is 0 Å². The lowest BCUT2D eigenvalue weighted by Crippen LogP contribution is -2.54. The molecule has 2 amide bonds. The molecule has 164 valence electrons. The maximum atomic E-state index is 13.0. The third-order valence-electron chi connectivity index (χ3n) is 4.88. The number of nitrogens with one attached hydrogen (secondary N) is 1. The number of hydrogen-bond donors (Lipinski definition) is 1. The number of benzene rings is 3. The molecule has 0 aliphatic carbocycles. The van der Waals surface area contributed by atoms with Crippen LogP contribution >= 0.6 is 12.2 Å². The number of thiocarbonyl (C=S) groups is 1. The number of hydrogen-bond acceptors (Lipinski definition) is 6. The van der Waals surface area contributed by atoms with E-state index < -0.39 is 17.8 Å². The van der Waals surface area contributed by atoms with Crippen LogP contribution in [-0.2, 0) is 16.2 Å². The molecule has 0 unspecified atom stereocenters. The molecule has 1 saturated heterocycles. The Labute approximate surface area is 194 Å². The molecule has 8 heteroatoms. The summed E-state index contributed by atoms with van der Waals surface area (Å²) < 4.78 is 5.70. The topological polar surface area (TPSA) is 98.8 Å². The van der Waals surface area contributed by atoms with Gasteiger partial charge in [0.25, 0.3) is 11.8 Å². The Hall–Kier alpha value is -4.30. The number of para-hydroxylation sites is 1. The maximum absolute atomic E-state index is 13.0. The molecule has 7 nitrogen and oxygen atoms in total. The summed E-state index contributed by atoms with van der Waals surface area (Å²) in [5.41, 5.74) is 1.91. The smallest absolute Gasteiger partial charge is 0.270 e. The summed E-state index contributed by atoms with van der Waals surface area (Å²) in [6.45, 7) is 0.173. The van der Waals surface area contributed by atoms with E-state index in [9.17, 15) is 19.5 Å². The van der Waals surface area contributed by atoms with Crippen molar-refractivity contribution in [3.05, 3.63) is 101 Å². The van der Waals surface area contributed by atoms with Gasteiger partial charge in [-0.3, -0.25) is 19.8 Å². The van der Waals surface area contributed by atoms with Crippen LogP contribution in [-0.4, -0.2) is 22.9 Å². The Morgan fingerprint density at radius 2 is 1.73 bits per heavy atom. The highest BCUT2D eigenvalue weighted by atomic mass is 32.1. The molecule has 0 bridgehead atoms. The SMILES string of the molecule is O=C1NC(=S)N(c2ccccc2)C(=O)/C1=C\c1ccc(OCc2cccc(C(=O)[O-])c2)cc1. The van der Waals surface area contributed by atoms with Crippen molar-refractivity contribution in [2.75, 3.05) is 4.90 Å². The number of carboxylic acid groups (broad SMARTS) is 1. The zero-order chi connectivity index (χ0) is 23.4. The van der Waals surface area contributed by atoms with Crippen molar-refractivity contribution in [3.8, 4) is 5.75 Å². The number of carbonyl (C=O) groups excluding carboxylic acids is 3. The number of amides is 2. The molecule has 0 spiro atoms. The Kier molecular flexibility index (Phi) is 6.28. The minimum Gasteiger partial charge on any atom is -0.545 e. The maximum Gasteiger partial charge on any atom is 0.270 e. The van der Waals surface area contributed by atoms with E-state index in [1.165, 1.54) is 23.1 Å². The molecule has 1 aliphatic heterocycles. The van der Waals surface area contributed by atoms with Crippen LogP contribution in [0.15, 0.2) is 84.4 Å². The molecule has 1 heterocycles. The number of carbonyl (C=O) groups is 3. The second-order valence-electron chi connectivity index (χ2n) is 7.14. The number of aromatic carboxylic acids is 1. The second-order valence-corrected chi connectivity index (χ2v) is 7.53. The first-order chi connectivity index (χ1) is 15.9. The van der Waals surface area contributed by atoms with E-state index in [0.717, 1.165) is 0 Å². The van der Waals surface area contributed by atoms with Gasteiger partial charge in [0.15, 0.2) is 5.11 Å². The molecule has 0 atom stereocenters. The van der Waals surface area contributed by atoms with Crippen molar-refractivity contribution in [1.29, 1.82) is 0 Å². The molecule has 0 aromatic heterocycles. The molecule has 33 heavy (non-hydrogen) atoms. The lowest BCUT2D eigenvalue weighted by atomic mass is 10.1. The molecule has 3 aromatic carbocycles. The average Bonchev–Trinajstić information content (AvgIpc) is 2.82. The number of anilines is 1. The average molecular weight is 457 g/mol. The highest BCUT2D eigenvalue weighted by Crippen LogP contribution is 2.22. The highest BCUT2D eigenvalue weighted by molar-refractivity contribution is 7.80. The second kappa shape index (κ2) is 9.46. The lowest BCUT2D eigenvalue weighted by Gasteiger charge is -2.28. The Morgan fingerprint density at radius 1 is 1.00 bits per heavy atom. The number of rotatable bonds is 6. The van der Waals surface area contributed by atoms with Crippen LogP contribution in [0.3, 0.4) is 0 Å². The summed E-state index contributed by atoms with van der Waals surface area (Å²) >= 11 is 5.18. The van der Waals surface area contributed by atoms with Crippen LogP contribution in [0.1, 0.15) is 21.5 Å². The van der Waals surface area contributed by atoms with Crippen LogP contribution in [0, 0.1) is 0 Å². The quantitative estimate of drug-likeness (QED) is 0.347. The van der Waals surface area contributed by atoms with E-state index in [1.54, 1.807) is 60.7 Å². The van der Waals surface area contributed by atoms with E-state index in [-0.39, 0.29) is 22.9 Å². The standard InChI is InChI=1S/C25H18N2O5S/c28-22-21(23(29)27(25(33)26-22)19-7-2-1-3-8-19)14-16-9-11-20(12-10-16)32-15-17-5-4-6-18(13-17)24(30)31/h1-14H,15H2,(H,30,31)(H,26,28,33)/p-1/b21-14-. The summed E-state index contributed by atoms with van der Waals surface area (Å²) in [6.07, 6.45) is 1.49. The minimum atomic E-state index is -1.25. The molecular formula is C25H17N2O5S-. The van der Waals surface area contributed by atoms with Gasteiger partial charge in [0.2, 0.25) is 0 Å². The fourth-order valence-electron chi connectivity index (χ4n) is 3.25. The molecular weight excluding hydrogens is 440 g/mol. The van der Waals surface area contributed by atoms with Gasteiger partial charge in [0, 0.05) is 0 Å². The fourth-order valence-corrected chi connectivity index (χ4v) is 3.53. The summed E-state index contributed by atoms with van der Waals surface area (Å²) in [5.74, 6) is -1.78. The number of carboxylic acids is 1. The molecule has 1 aliphatic rings. The van der Waals surface area contributed by atoms with Gasteiger partial charge in [-0.15, -0.1) is 0 Å². The van der Waals surface area contributed by atoms with Gasteiger partial charge in [-0.2, -0.15) is 0 Å². The fraction of sp³-hybridized carbons (Fsp3) is 0.0400. The van der Waals surface area contributed by atoms with E-state index in [0.29, 0.717) is 22.6 Å². The van der Waals surface area contributed by atoms with Crippen molar-refractivity contribution >= 4 is 46.9 Å². The summed E-state index contributed by atoms with van der Waals surface area (Å²) in [4.78, 5) is 37.7. The third-order valence-corrected chi connectivity index (χ3v) is 5.16. The lowest BCUT2D eigenvalue weighted by molar-refractivity contribution is -0.255. The minimum absolute atomic E-state index is 0.0276. The monoisotopic (exact) mass is 457 g/mol. The first-order valence-corrected chi connectivity index (χ1v) is 10.3. The predicted octanol–water partition coefficient (Wildman–Crippen LogP) is 2.46. The Morgan fingerprint density at radius 3 is 2.42 bits per heavy atom. The van der Waals surface area contributed by atoms with Gasteiger partial charge < -0.3 is 14.6 Å². The first-order valence-electron chi connectivity index (χ1n) is 9.92. The number of ether oxygens (including phenoxy) is 1. The van der Waals surface area contributed by atoms with Gasteiger partial charge in [-0.05, 0) is 65.3 Å². The van der Waals surface area contributed by atoms with Crippen LogP contribution < -0.4 is 20.1 Å². The molecule has 1 fully saturated rings. The normalized spacial score (nSPS) is 14.8. The largest absolute Gasteiger partial charge is 0.545 e. The van der Waals surface area contributed by atoms with Gasteiger partial charge >= 0.3 is 0 Å². The highest BCUT2D eigenvalue weighted by Gasteiger charge is 2.34. The molecule has 0 saturated carbocycles. The van der Waals surface area contributed by atoms with Crippen LogP contribution in [0.2, 0.25) is 0 Å². The van der Waals surface area contributed by atoms with Gasteiger partial charge in [0.05, 0.1) is 11.7 Å². The summed E-state index contributed by atoms with van der Waals surface area (Å²) in [5, 5.41) is 13.6. The molecule has 3 aromatic rings. The van der Waals surface area contributed by atoms with Crippen molar-refractivity contribution in [2.45, 2.75) is 6.61 Å². The zero-order valence-electron chi connectivity index (χ0n) is 17.2. The number of nitrogens with zero attached hydrogens (tertiary/aromatic N) is 1. The van der Waals surface area contributed by atoms with E-state index >= 15 is 0 Å². The predicted molar refractivity (Wildman–Crippen MR) is 124 cm³/mol. The first kappa shape index (κ1) is 21.9. The third kappa shape index (κ3) is 4.97. The summed E-state index contributed by atoms with van der Waals surface area (Å²) in [7, 11) is 0. The van der Waals surface area contributed by atoms with Gasteiger partial charge in [-0.25, -0.2) is 0 Å². The van der Waals surface area contributed by atoms with Crippen LogP contribution in [0.4, 0.5) is 5.69 Å². The van der Waals surface area contributed by atoms with E-state index in [2.05, 4.69) is 5.32 Å². The zero-order valence-corrected chi connectivity index (χ0v) is 18.0. The van der Waals surface area contributed by atoms with Crippen molar-refractivity contribution in [1.82, 2.24) is 5.32 Å².